The van der Waals surface area contributed by atoms with Crippen molar-refractivity contribution in [2.75, 3.05) is 32.8 Å². The predicted octanol–water partition coefficient (Wildman–Crippen LogP) is 5.54. The monoisotopic (exact) mass is 538 g/mol. The Labute approximate surface area is 226 Å². The third kappa shape index (κ3) is 6.17. The van der Waals surface area contributed by atoms with Crippen molar-refractivity contribution >= 4 is 34.8 Å². The molecule has 2 amide bonds. The lowest BCUT2D eigenvalue weighted by molar-refractivity contribution is -0.135. The van der Waals surface area contributed by atoms with E-state index in [2.05, 4.69) is 11.4 Å². The van der Waals surface area contributed by atoms with Crippen molar-refractivity contribution in [3.63, 3.8) is 0 Å². The largest absolute Gasteiger partial charge is 0.491 e. The van der Waals surface area contributed by atoms with Gasteiger partial charge in [-0.2, -0.15) is 0 Å². The van der Waals surface area contributed by atoms with Crippen LogP contribution in [0.4, 0.5) is 0 Å². The molecule has 2 aliphatic rings. The SMILES string of the molecule is Cc1ccc(OC[C@H]2c3ccsc3CCN2C(=O)CN(C[C@H]2CCCO2)C(=O)c2cccc(Cl)c2)cc1. The van der Waals surface area contributed by atoms with Crippen LogP contribution in [0.2, 0.25) is 5.02 Å². The van der Waals surface area contributed by atoms with Crippen molar-refractivity contribution in [2.24, 2.45) is 0 Å². The molecule has 0 radical (unpaired) electrons. The van der Waals surface area contributed by atoms with E-state index in [1.807, 2.05) is 36.1 Å². The molecule has 8 heteroatoms. The van der Waals surface area contributed by atoms with Gasteiger partial charge in [-0.3, -0.25) is 9.59 Å². The molecule has 1 fully saturated rings. The summed E-state index contributed by atoms with van der Waals surface area (Å²) >= 11 is 7.88. The number of amides is 2. The molecule has 0 saturated carbocycles. The first-order chi connectivity index (χ1) is 18.0. The van der Waals surface area contributed by atoms with Crippen LogP contribution in [0, 0.1) is 6.92 Å². The van der Waals surface area contributed by atoms with E-state index < -0.39 is 0 Å². The number of carbonyl (C=O) groups is 2. The van der Waals surface area contributed by atoms with Crippen molar-refractivity contribution in [1.82, 2.24) is 9.80 Å². The molecule has 0 aliphatic carbocycles. The number of carbonyl (C=O) groups excluding carboxylic acids is 2. The van der Waals surface area contributed by atoms with Crippen LogP contribution in [-0.4, -0.2) is 60.6 Å². The van der Waals surface area contributed by atoms with Crippen LogP contribution in [0.25, 0.3) is 0 Å². The van der Waals surface area contributed by atoms with Gasteiger partial charge in [0, 0.05) is 35.2 Å². The van der Waals surface area contributed by atoms with Gasteiger partial charge in [0.15, 0.2) is 0 Å². The van der Waals surface area contributed by atoms with E-state index in [-0.39, 0.29) is 30.5 Å². The highest BCUT2D eigenvalue weighted by molar-refractivity contribution is 7.10. The van der Waals surface area contributed by atoms with Gasteiger partial charge in [-0.15, -0.1) is 11.3 Å². The number of thiophene rings is 1. The quantitative estimate of drug-likeness (QED) is 0.378. The number of hydrogen-bond acceptors (Lipinski definition) is 5. The summed E-state index contributed by atoms with van der Waals surface area (Å²) in [6, 6.07) is 16.7. The highest BCUT2D eigenvalue weighted by atomic mass is 35.5. The molecule has 194 valence electrons. The third-order valence-corrected chi connectivity index (χ3v) is 8.21. The molecule has 2 aliphatic heterocycles. The fourth-order valence-corrected chi connectivity index (χ4v) is 6.11. The molecule has 0 spiro atoms. The molecule has 0 N–H and O–H groups in total. The van der Waals surface area contributed by atoms with Gasteiger partial charge in [-0.05, 0) is 73.5 Å². The maximum Gasteiger partial charge on any atom is 0.254 e. The van der Waals surface area contributed by atoms with Crippen LogP contribution in [0.3, 0.4) is 0 Å². The van der Waals surface area contributed by atoms with Gasteiger partial charge in [-0.1, -0.05) is 35.4 Å². The molecule has 3 heterocycles. The summed E-state index contributed by atoms with van der Waals surface area (Å²) < 4.78 is 12.0. The number of benzene rings is 2. The Balaban J connectivity index is 1.35. The highest BCUT2D eigenvalue weighted by Crippen LogP contribution is 2.34. The Morgan fingerprint density at radius 3 is 2.78 bits per heavy atom. The summed E-state index contributed by atoms with van der Waals surface area (Å²) in [5.41, 5.74) is 2.76. The molecular weight excluding hydrogens is 508 g/mol. The Morgan fingerprint density at radius 2 is 2.03 bits per heavy atom. The van der Waals surface area contributed by atoms with Gasteiger partial charge in [0.2, 0.25) is 5.91 Å². The minimum atomic E-state index is -0.216. The smallest absolute Gasteiger partial charge is 0.254 e. The maximum absolute atomic E-state index is 13.8. The maximum atomic E-state index is 13.8. The van der Waals surface area contributed by atoms with Crippen LogP contribution in [-0.2, 0) is 16.0 Å². The standard InChI is InChI=1S/C29H31ClN2O4S/c1-20-7-9-23(10-8-20)36-19-26-25-12-15-37-27(25)11-13-32(26)28(33)18-31(17-24-6-3-14-35-24)29(34)21-4-2-5-22(30)16-21/h2,4-5,7-10,12,15-16,24,26H,3,6,11,13-14,17-19H2,1H3/t24-,26+/m1/s1. The van der Waals surface area contributed by atoms with Crippen molar-refractivity contribution < 1.29 is 19.1 Å². The molecule has 5 rings (SSSR count). The Hall–Kier alpha value is -2.87. The molecule has 1 saturated heterocycles. The summed E-state index contributed by atoms with van der Waals surface area (Å²) in [6.45, 7) is 4.02. The zero-order chi connectivity index (χ0) is 25.8. The summed E-state index contributed by atoms with van der Waals surface area (Å²) in [4.78, 5) is 32.1. The molecule has 1 aromatic heterocycles. The van der Waals surface area contributed by atoms with Crippen molar-refractivity contribution in [2.45, 2.75) is 38.3 Å². The summed E-state index contributed by atoms with van der Waals surface area (Å²) in [6.07, 6.45) is 2.57. The average Bonchev–Trinajstić information content (AvgIpc) is 3.59. The molecular formula is C29H31ClN2O4S. The van der Waals surface area contributed by atoms with Crippen LogP contribution in [0.5, 0.6) is 5.75 Å². The first-order valence-corrected chi connectivity index (χ1v) is 14.0. The van der Waals surface area contributed by atoms with Gasteiger partial charge in [0.25, 0.3) is 5.91 Å². The van der Waals surface area contributed by atoms with Crippen molar-refractivity contribution in [1.29, 1.82) is 0 Å². The van der Waals surface area contributed by atoms with Gasteiger partial charge in [0.1, 0.15) is 18.9 Å². The second-order valence-corrected chi connectivity index (χ2v) is 11.0. The number of aryl methyl sites for hydroxylation is 1. The summed E-state index contributed by atoms with van der Waals surface area (Å²) in [7, 11) is 0. The molecule has 0 unspecified atom stereocenters. The second-order valence-electron chi connectivity index (χ2n) is 9.61. The Kier molecular flexibility index (Phi) is 8.13. The molecule has 2 atom stereocenters. The first kappa shape index (κ1) is 25.8. The van der Waals surface area contributed by atoms with E-state index in [1.165, 1.54) is 4.88 Å². The zero-order valence-electron chi connectivity index (χ0n) is 20.9. The fourth-order valence-electron chi connectivity index (χ4n) is 5.00. The topological polar surface area (TPSA) is 59.1 Å². The Bertz CT molecular complexity index is 1240. The highest BCUT2D eigenvalue weighted by Gasteiger charge is 2.34. The van der Waals surface area contributed by atoms with Crippen LogP contribution < -0.4 is 4.74 Å². The van der Waals surface area contributed by atoms with Crippen molar-refractivity contribution in [3.8, 4) is 5.75 Å². The van der Waals surface area contributed by atoms with E-state index in [0.29, 0.717) is 36.9 Å². The van der Waals surface area contributed by atoms with E-state index in [9.17, 15) is 9.59 Å². The summed E-state index contributed by atoms with van der Waals surface area (Å²) in [5, 5.41) is 2.56. The van der Waals surface area contributed by atoms with Gasteiger partial charge in [0.05, 0.1) is 12.1 Å². The number of fused-ring (bicyclic) bond motifs is 1. The molecule has 2 aromatic carbocycles. The number of nitrogens with zero attached hydrogens (tertiary/aromatic N) is 2. The van der Waals surface area contributed by atoms with Crippen LogP contribution >= 0.6 is 22.9 Å². The Morgan fingerprint density at radius 1 is 1.19 bits per heavy atom. The lowest BCUT2D eigenvalue weighted by Crippen LogP contribution is -2.49. The average molecular weight is 539 g/mol. The lowest BCUT2D eigenvalue weighted by atomic mass is 10.00. The normalized spacial score (nSPS) is 18.9. The molecule has 0 bridgehead atoms. The van der Waals surface area contributed by atoms with Gasteiger partial charge in [-0.25, -0.2) is 0 Å². The number of halogens is 1. The van der Waals surface area contributed by atoms with E-state index in [4.69, 9.17) is 21.1 Å². The number of hydrogen-bond donors (Lipinski definition) is 0. The predicted molar refractivity (Wildman–Crippen MR) is 145 cm³/mol. The van der Waals surface area contributed by atoms with Crippen LogP contribution in [0.1, 0.15) is 45.2 Å². The minimum absolute atomic E-state index is 0.0221. The molecule has 6 nitrogen and oxygen atoms in total. The first-order valence-electron chi connectivity index (χ1n) is 12.7. The second kappa shape index (κ2) is 11.7. The van der Waals surface area contributed by atoms with Gasteiger partial charge >= 0.3 is 0 Å². The summed E-state index contributed by atoms with van der Waals surface area (Å²) in [5.74, 6) is 0.464. The number of rotatable bonds is 8. The lowest BCUT2D eigenvalue weighted by Gasteiger charge is -2.37. The van der Waals surface area contributed by atoms with E-state index in [1.54, 1.807) is 40.5 Å². The third-order valence-electron chi connectivity index (χ3n) is 6.98. The number of ether oxygens (including phenoxy) is 2. The van der Waals surface area contributed by atoms with E-state index >= 15 is 0 Å². The molecule has 3 aromatic rings. The van der Waals surface area contributed by atoms with Gasteiger partial charge < -0.3 is 19.3 Å². The fraction of sp³-hybridized carbons (Fsp3) is 0.379. The van der Waals surface area contributed by atoms with Crippen LogP contribution in [0.15, 0.2) is 60.0 Å². The minimum Gasteiger partial charge on any atom is -0.491 e. The van der Waals surface area contributed by atoms with Crippen molar-refractivity contribution in [3.05, 3.63) is 86.6 Å². The molecule has 37 heavy (non-hydrogen) atoms. The zero-order valence-corrected chi connectivity index (χ0v) is 22.5. The van der Waals surface area contributed by atoms with E-state index in [0.717, 1.165) is 36.1 Å².